The summed E-state index contributed by atoms with van der Waals surface area (Å²) in [5.74, 6) is -3.13. The highest BCUT2D eigenvalue weighted by atomic mass is 16.4. The van der Waals surface area contributed by atoms with E-state index in [1.54, 1.807) is 0 Å². The molecule has 0 unspecified atom stereocenters. The standard InChI is InChI=1S/C21H37NO6/c1-2-3-4-5-6-7-8-9-10-11-15-22(16-12-19(23)24,17-13-20(25)26)18-14-21(27)28/h8-9H,2-7,10-18H2,1H3,(H2-,23,24,25,26,27,28)/b9-8+. The molecule has 0 saturated heterocycles. The van der Waals surface area contributed by atoms with Gasteiger partial charge in [0.1, 0.15) is 0 Å². The Hall–Kier alpha value is -1.89. The molecule has 0 aromatic heterocycles. The quantitative estimate of drug-likeness (QED) is 0.196. The summed E-state index contributed by atoms with van der Waals surface area (Å²) >= 11 is 0. The predicted molar refractivity (Wildman–Crippen MR) is 106 cm³/mol. The number of carboxylic acids is 3. The van der Waals surface area contributed by atoms with Crippen molar-refractivity contribution in [1.82, 2.24) is 0 Å². The van der Waals surface area contributed by atoms with Crippen LogP contribution in [0.3, 0.4) is 0 Å². The number of nitrogens with zero attached hydrogens (tertiary/aromatic N) is 1. The molecule has 7 nitrogen and oxygen atoms in total. The Morgan fingerprint density at radius 1 is 0.750 bits per heavy atom. The van der Waals surface area contributed by atoms with Crippen molar-refractivity contribution in [1.29, 1.82) is 0 Å². The molecule has 0 aromatic carbocycles. The lowest BCUT2D eigenvalue weighted by Crippen LogP contribution is -2.52. The van der Waals surface area contributed by atoms with E-state index in [0.29, 0.717) is 6.54 Å². The van der Waals surface area contributed by atoms with Crippen LogP contribution < -0.4 is 5.11 Å². The Morgan fingerprint density at radius 3 is 1.75 bits per heavy atom. The summed E-state index contributed by atoms with van der Waals surface area (Å²) in [6.45, 7) is 3.42. The van der Waals surface area contributed by atoms with E-state index in [4.69, 9.17) is 10.2 Å². The first-order valence-corrected chi connectivity index (χ1v) is 10.4. The summed E-state index contributed by atoms with van der Waals surface area (Å²) in [5.41, 5.74) is 0. The van der Waals surface area contributed by atoms with Gasteiger partial charge in [-0.15, -0.1) is 0 Å². The van der Waals surface area contributed by atoms with Crippen LogP contribution in [0.4, 0.5) is 0 Å². The third-order valence-electron chi connectivity index (χ3n) is 5.03. The molecule has 0 aliphatic heterocycles. The molecular weight excluding hydrogens is 362 g/mol. The zero-order valence-electron chi connectivity index (χ0n) is 17.2. The van der Waals surface area contributed by atoms with Gasteiger partial charge >= 0.3 is 11.9 Å². The van der Waals surface area contributed by atoms with Gasteiger partial charge in [0.2, 0.25) is 0 Å². The van der Waals surface area contributed by atoms with Crippen LogP contribution >= 0.6 is 0 Å². The third kappa shape index (κ3) is 15.2. The predicted octanol–water partition coefficient (Wildman–Crippen LogP) is 2.59. The van der Waals surface area contributed by atoms with E-state index >= 15 is 0 Å². The molecule has 0 fully saturated rings. The van der Waals surface area contributed by atoms with Crippen LogP contribution in [0.15, 0.2) is 12.2 Å². The number of rotatable bonds is 19. The van der Waals surface area contributed by atoms with E-state index in [0.717, 1.165) is 19.3 Å². The number of hydrogen-bond acceptors (Lipinski definition) is 4. The normalized spacial score (nSPS) is 11.8. The molecule has 162 valence electrons. The minimum atomic E-state index is -1.20. The van der Waals surface area contributed by atoms with Crippen LogP contribution in [-0.2, 0) is 14.4 Å². The number of unbranched alkanes of at least 4 members (excludes halogenated alkanes) is 6. The average Bonchev–Trinajstić information content (AvgIpc) is 2.63. The number of hydrogen-bond donors (Lipinski definition) is 2. The molecule has 0 aromatic rings. The summed E-state index contributed by atoms with van der Waals surface area (Å²) in [5, 5.41) is 28.9. The fourth-order valence-electron chi connectivity index (χ4n) is 3.31. The molecular formula is C21H37NO6. The lowest BCUT2D eigenvalue weighted by Gasteiger charge is -2.38. The van der Waals surface area contributed by atoms with E-state index < -0.39 is 17.9 Å². The van der Waals surface area contributed by atoms with Gasteiger partial charge in [0.05, 0.1) is 39.0 Å². The van der Waals surface area contributed by atoms with E-state index in [9.17, 15) is 19.5 Å². The molecule has 2 N–H and O–H groups in total. The third-order valence-corrected chi connectivity index (χ3v) is 5.03. The van der Waals surface area contributed by atoms with Crippen LogP contribution in [0.2, 0.25) is 0 Å². The Kier molecular flexibility index (Phi) is 15.0. The molecule has 7 heteroatoms. The molecule has 28 heavy (non-hydrogen) atoms. The maximum atomic E-state index is 11.0. The number of aliphatic carboxylic acids is 3. The van der Waals surface area contributed by atoms with Gasteiger partial charge in [-0.05, 0) is 19.3 Å². The van der Waals surface area contributed by atoms with E-state index in [2.05, 4.69) is 19.1 Å². The minimum Gasteiger partial charge on any atom is -0.550 e. The fraction of sp³-hybridized carbons (Fsp3) is 0.762. The van der Waals surface area contributed by atoms with E-state index in [1.165, 1.54) is 32.1 Å². The molecule has 0 bridgehead atoms. The average molecular weight is 400 g/mol. The molecule has 0 radical (unpaired) electrons. The van der Waals surface area contributed by atoms with Gasteiger partial charge in [-0.2, -0.15) is 0 Å². The van der Waals surface area contributed by atoms with Crippen molar-refractivity contribution >= 4 is 17.9 Å². The second kappa shape index (κ2) is 16.1. The van der Waals surface area contributed by atoms with Crippen molar-refractivity contribution in [2.45, 2.75) is 77.6 Å². The number of carboxylic acid groups (broad SMARTS) is 3. The first kappa shape index (κ1) is 26.1. The Morgan fingerprint density at radius 2 is 1.25 bits per heavy atom. The highest BCUT2D eigenvalue weighted by Crippen LogP contribution is 2.15. The van der Waals surface area contributed by atoms with Crippen molar-refractivity contribution < 1.29 is 34.2 Å². The van der Waals surface area contributed by atoms with Crippen molar-refractivity contribution in [2.75, 3.05) is 26.2 Å². The monoisotopic (exact) mass is 399 g/mol. The van der Waals surface area contributed by atoms with Crippen LogP contribution in [0.1, 0.15) is 77.6 Å². The molecule has 0 rings (SSSR count). The van der Waals surface area contributed by atoms with Crippen molar-refractivity contribution in [3.05, 3.63) is 12.2 Å². The largest absolute Gasteiger partial charge is 0.550 e. The van der Waals surface area contributed by atoms with E-state index in [-0.39, 0.29) is 43.4 Å². The molecule has 0 spiro atoms. The Labute approximate surface area is 168 Å². The Balaban J connectivity index is 4.58. The second-order valence-electron chi connectivity index (χ2n) is 7.46. The van der Waals surface area contributed by atoms with Gasteiger partial charge in [0.15, 0.2) is 0 Å². The summed E-state index contributed by atoms with van der Waals surface area (Å²) in [4.78, 5) is 32.9. The first-order chi connectivity index (χ1) is 13.3. The highest BCUT2D eigenvalue weighted by Gasteiger charge is 2.28. The van der Waals surface area contributed by atoms with E-state index in [1.807, 2.05) is 0 Å². The lowest BCUT2D eigenvalue weighted by molar-refractivity contribution is -0.927. The van der Waals surface area contributed by atoms with Gasteiger partial charge in [0, 0.05) is 18.8 Å². The summed E-state index contributed by atoms with van der Waals surface area (Å²) < 4.78 is 0.192. The highest BCUT2D eigenvalue weighted by molar-refractivity contribution is 5.67. The van der Waals surface area contributed by atoms with Crippen LogP contribution in [0, 0.1) is 0 Å². The molecule has 0 heterocycles. The minimum absolute atomic E-state index is 0.111. The smallest absolute Gasteiger partial charge is 0.309 e. The first-order valence-electron chi connectivity index (χ1n) is 10.4. The van der Waals surface area contributed by atoms with Crippen molar-refractivity contribution in [2.24, 2.45) is 0 Å². The maximum Gasteiger partial charge on any atom is 0.309 e. The summed E-state index contributed by atoms with van der Waals surface area (Å²) in [7, 11) is 0. The summed E-state index contributed by atoms with van der Waals surface area (Å²) in [6, 6.07) is 0. The lowest BCUT2D eigenvalue weighted by atomic mass is 10.1. The fourth-order valence-corrected chi connectivity index (χ4v) is 3.31. The van der Waals surface area contributed by atoms with Gasteiger partial charge in [-0.25, -0.2) is 0 Å². The van der Waals surface area contributed by atoms with Gasteiger partial charge < -0.3 is 24.6 Å². The number of carbonyl (C=O) groups excluding carboxylic acids is 1. The molecule has 0 saturated carbocycles. The van der Waals surface area contributed by atoms with Crippen molar-refractivity contribution in [3.63, 3.8) is 0 Å². The summed E-state index contributed by atoms with van der Waals surface area (Å²) in [6.07, 6.45) is 12.7. The van der Waals surface area contributed by atoms with Gasteiger partial charge in [0.25, 0.3) is 0 Å². The maximum absolute atomic E-state index is 11.0. The number of quaternary nitrogens is 1. The van der Waals surface area contributed by atoms with Crippen LogP contribution in [0.5, 0.6) is 0 Å². The topological polar surface area (TPSA) is 115 Å². The zero-order valence-corrected chi connectivity index (χ0v) is 17.2. The van der Waals surface area contributed by atoms with Gasteiger partial charge in [-0.3, -0.25) is 9.59 Å². The Bertz CT molecular complexity index is 444. The number of allylic oxidation sites excluding steroid dienone is 2. The zero-order chi connectivity index (χ0) is 21.3. The number of carbonyl (C=O) groups is 3. The molecule has 0 amide bonds. The molecule has 0 aliphatic carbocycles. The second-order valence-corrected chi connectivity index (χ2v) is 7.46. The molecule has 0 aliphatic rings. The van der Waals surface area contributed by atoms with Crippen molar-refractivity contribution in [3.8, 4) is 0 Å². The van der Waals surface area contributed by atoms with Crippen LogP contribution in [-0.4, -0.2) is 58.8 Å². The van der Waals surface area contributed by atoms with Gasteiger partial charge in [-0.1, -0.05) is 44.8 Å². The SMILES string of the molecule is CCCCCCC/C=C/CCC[N+](CCC(=O)[O-])(CCC(=O)O)CCC(=O)O. The molecule has 0 atom stereocenters. The van der Waals surface area contributed by atoms with Crippen LogP contribution in [0.25, 0.3) is 0 Å².